The molecule has 6 heteroatoms. The molecule has 1 aromatic rings. The fourth-order valence-corrected chi connectivity index (χ4v) is 3.54. The Hall–Kier alpha value is -1.18. The smallest absolute Gasteiger partial charge is 0.307 e. The van der Waals surface area contributed by atoms with Crippen molar-refractivity contribution in [2.45, 2.75) is 32.5 Å². The van der Waals surface area contributed by atoms with Crippen LogP contribution in [0, 0.1) is 18.3 Å². The molecule has 1 atom stereocenters. The van der Waals surface area contributed by atoms with Gasteiger partial charge < -0.3 is 14.8 Å². The number of nitrogens with zero attached hydrogens (tertiary/aromatic N) is 1. The number of nitriles is 1. The molecule has 0 heterocycles. The predicted octanol–water partition coefficient (Wildman–Crippen LogP) is 2.98. The van der Waals surface area contributed by atoms with Crippen LogP contribution in [0.2, 0.25) is 0 Å². The third-order valence-corrected chi connectivity index (χ3v) is 5.31. The highest BCUT2D eigenvalue weighted by Crippen LogP contribution is 2.58. The van der Waals surface area contributed by atoms with Crippen LogP contribution in [0.15, 0.2) is 24.3 Å². The molecule has 20 heavy (non-hydrogen) atoms. The molecule has 0 aliphatic heterocycles. The number of benzene rings is 1. The van der Waals surface area contributed by atoms with Gasteiger partial charge in [0.15, 0.2) is 0 Å². The quantitative estimate of drug-likeness (QED) is 0.782. The summed E-state index contributed by atoms with van der Waals surface area (Å²) < 4.78 is 23.2. The van der Waals surface area contributed by atoms with Gasteiger partial charge >= 0.3 is 7.60 Å². The van der Waals surface area contributed by atoms with E-state index in [9.17, 15) is 9.83 Å². The maximum Gasteiger partial charge on any atom is 0.365 e. The third kappa shape index (κ3) is 3.68. The molecule has 0 aliphatic carbocycles. The van der Waals surface area contributed by atoms with Crippen molar-refractivity contribution in [2.24, 2.45) is 5.73 Å². The molecule has 0 saturated carbocycles. The summed E-state index contributed by atoms with van der Waals surface area (Å²) in [6, 6.07) is 9.46. The van der Waals surface area contributed by atoms with Crippen LogP contribution < -0.4 is 5.73 Å². The van der Waals surface area contributed by atoms with Crippen molar-refractivity contribution < 1.29 is 13.6 Å². The number of hydrogen-bond acceptors (Lipinski definition) is 5. The highest BCUT2D eigenvalue weighted by Gasteiger charge is 2.48. The molecule has 2 N–H and O–H groups in total. The summed E-state index contributed by atoms with van der Waals surface area (Å²) in [6.07, 6.45) is 0.112. The SMILES string of the molecule is CCOP(=O)(OCC)C(N)(C#N)Cc1ccc(C)cc1. The molecule has 0 amide bonds. The molecule has 0 radical (unpaired) electrons. The Bertz CT molecular complexity index is 514. The van der Waals surface area contributed by atoms with E-state index in [0.29, 0.717) is 0 Å². The Morgan fingerprint density at radius 3 is 2.15 bits per heavy atom. The van der Waals surface area contributed by atoms with E-state index in [4.69, 9.17) is 14.8 Å². The summed E-state index contributed by atoms with van der Waals surface area (Å²) in [6.45, 7) is 5.69. The summed E-state index contributed by atoms with van der Waals surface area (Å²) in [4.78, 5) is 0. The van der Waals surface area contributed by atoms with Gasteiger partial charge in [-0.3, -0.25) is 4.57 Å². The van der Waals surface area contributed by atoms with Crippen LogP contribution in [0.3, 0.4) is 0 Å². The molecule has 1 rings (SSSR count). The molecular weight excluding hydrogens is 275 g/mol. The lowest BCUT2D eigenvalue weighted by atomic mass is 10.1. The van der Waals surface area contributed by atoms with Crippen molar-refractivity contribution in [2.75, 3.05) is 13.2 Å². The average Bonchev–Trinajstić information content (AvgIpc) is 2.41. The van der Waals surface area contributed by atoms with Crippen LogP contribution in [0.5, 0.6) is 0 Å². The summed E-state index contributed by atoms with van der Waals surface area (Å²) in [5, 5.41) is 7.70. The maximum absolute atomic E-state index is 12.7. The minimum Gasteiger partial charge on any atom is -0.307 e. The lowest BCUT2D eigenvalue weighted by molar-refractivity contribution is 0.204. The van der Waals surface area contributed by atoms with Crippen molar-refractivity contribution in [3.63, 3.8) is 0 Å². The molecule has 1 aromatic carbocycles. The fraction of sp³-hybridized carbons (Fsp3) is 0.500. The number of rotatable bonds is 7. The van der Waals surface area contributed by atoms with E-state index in [1.165, 1.54) is 0 Å². The zero-order valence-corrected chi connectivity index (χ0v) is 13.0. The van der Waals surface area contributed by atoms with Gasteiger partial charge in [-0.2, -0.15) is 5.26 Å². The van der Waals surface area contributed by atoms with E-state index in [0.717, 1.165) is 11.1 Å². The number of nitrogens with two attached hydrogens (primary N) is 1. The van der Waals surface area contributed by atoms with E-state index < -0.39 is 12.9 Å². The molecule has 0 spiro atoms. The Balaban J connectivity index is 3.09. The lowest BCUT2D eigenvalue weighted by Gasteiger charge is -2.30. The Morgan fingerprint density at radius 1 is 1.25 bits per heavy atom. The van der Waals surface area contributed by atoms with Gasteiger partial charge in [-0.15, -0.1) is 0 Å². The first-order valence-electron chi connectivity index (χ1n) is 6.55. The third-order valence-electron chi connectivity index (χ3n) is 2.87. The van der Waals surface area contributed by atoms with Gasteiger partial charge in [0.05, 0.1) is 19.3 Å². The van der Waals surface area contributed by atoms with E-state index in [2.05, 4.69) is 0 Å². The monoisotopic (exact) mass is 296 g/mol. The normalized spacial score (nSPS) is 14.6. The lowest BCUT2D eigenvalue weighted by Crippen LogP contribution is -2.41. The summed E-state index contributed by atoms with van der Waals surface area (Å²) >= 11 is 0. The van der Waals surface area contributed by atoms with Gasteiger partial charge in [-0.05, 0) is 26.3 Å². The topological polar surface area (TPSA) is 85.3 Å². The number of aryl methyl sites for hydroxylation is 1. The van der Waals surface area contributed by atoms with Gasteiger partial charge in [-0.25, -0.2) is 0 Å². The van der Waals surface area contributed by atoms with Crippen molar-refractivity contribution in [1.29, 1.82) is 5.26 Å². The van der Waals surface area contributed by atoms with E-state index in [1.807, 2.05) is 37.3 Å². The van der Waals surface area contributed by atoms with Crippen molar-refractivity contribution in [3.8, 4) is 6.07 Å². The second kappa shape index (κ2) is 7.01. The molecular formula is C14H21N2O3P. The summed E-state index contributed by atoms with van der Waals surface area (Å²) in [5.74, 6) is 0. The maximum atomic E-state index is 12.7. The van der Waals surface area contributed by atoms with Gasteiger partial charge in [0.25, 0.3) is 0 Å². The largest absolute Gasteiger partial charge is 0.365 e. The highest BCUT2D eigenvalue weighted by atomic mass is 31.2. The van der Waals surface area contributed by atoms with E-state index in [1.54, 1.807) is 13.8 Å². The molecule has 1 unspecified atom stereocenters. The molecule has 0 bridgehead atoms. The molecule has 0 fully saturated rings. The Labute approximate surface area is 120 Å². The van der Waals surface area contributed by atoms with E-state index in [-0.39, 0.29) is 19.6 Å². The van der Waals surface area contributed by atoms with E-state index >= 15 is 0 Å². The summed E-state index contributed by atoms with van der Waals surface area (Å²) in [7, 11) is -3.70. The van der Waals surface area contributed by atoms with Crippen LogP contribution in [0.25, 0.3) is 0 Å². The molecule has 0 aliphatic rings. The zero-order chi connectivity index (χ0) is 15.2. The molecule has 0 saturated heterocycles. The molecule has 0 aromatic heterocycles. The van der Waals surface area contributed by atoms with Gasteiger partial charge in [0, 0.05) is 6.42 Å². The van der Waals surface area contributed by atoms with Crippen LogP contribution in [0.1, 0.15) is 25.0 Å². The van der Waals surface area contributed by atoms with Gasteiger partial charge in [0.2, 0.25) is 5.28 Å². The zero-order valence-electron chi connectivity index (χ0n) is 12.1. The standard InChI is InChI=1S/C14H21N2O3P/c1-4-18-20(17,19-5-2)14(16,11-15)10-13-8-6-12(3)7-9-13/h6-9H,4-5,10,16H2,1-3H3. The Kier molecular flexibility index (Phi) is 5.91. The second-order valence-corrected chi connectivity index (χ2v) is 6.84. The average molecular weight is 296 g/mol. The van der Waals surface area contributed by atoms with Crippen molar-refractivity contribution in [3.05, 3.63) is 35.4 Å². The van der Waals surface area contributed by atoms with Crippen LogP contribution >= 0.6 is 7.60 Å². The minimum atomic E-state index is -3.70. The number of hydrogen-bond donors (Lipinski definition) is 1. The molecule has 5 nitrogen and oxygen atoms in total. The summed E-state index contributed by atoms with van der Waals surface area (Å²) in [5.41, 5.74) is 7.97. The van der Waals surface area contributed by atoms with Gasteiger partial charge in [0.1, 0.15) is 0 Å². The Morgan fingerprint density at radius 2 is 1.75 bits per heavy atom. The van der Waals surface area contributed by atoms with Crippen LogP contribution in [0.4, 0.5) is 0 Å². The van der Waals surface area contributed by atoms with Gasteiger partial charge in [-0.1, -0.05) is 29.8 Å². The second-order valence-electron chi connectivity index (χ2n) is 4.53. The first-order chi connectivity index (χ1) is 9.40. The minimum absolute atomic E-state index is 0.112. The van der Waals surface area contributed by atoms with Crippen molar-refractivity contribution in [1.82, 2.24) is 0 Å². The van der Waals surface area contributed by atoms with Crippen LogP contribution in [-0.4, -0.2) is 18.5 Å². The first kappa shape index (κ1) is 16.9. The first-order valence-corrected chi connectivity index (χ1v) is 8.10. The fourth-order valence-electron chi connectivity index (χ4n) is 1.82. The van der Waals surface area contributed by atoms with Crippen LogP contribution in [-0.2, 0) is 20.0 Å². The predicted molar refractivity (Wildman–Crippen MR) is 78.3 cm³/mol. The van der Waals surface area contributed by atoms with Crippen molar-refractivity contribution >= 4 is 7.60 Å². The molecule has 110 valence electrons. The highest BCUT2D eigenvalue weighted by molar-refractivity contribution is 7.55.